The van der Waals surface area contributed by atoms with Crippen LogP contribution in [-0.2, 0) is 9.84 Å². The Bertz CT molecular complexity index is 382. The summed E-state index contributed by atoms with van der Waals surface area (Å²) < 4.78 is 22.7. The highest BCUT2D eigenvalue weighted by atomic mass is 127. The maximum absolute atomic E-state index is 11.3. The van der Waals surface area contributed by atoms with Crippen molar-refractivity contribution in [2.75, 3.05) is 31.6 Å². The van der Waals surface area contributed by atoms with Gasteiger partial charge in [-0.05, 0) is 24.7 Å². The lowest BCUT2D eigenvalue weighted by molar-refractivity contribution is 0.553. The van der Waals surface area contributed by atoms with E-state index in [9.17, 15) is 8.42 Å². The summed E-state index contributed by atoms with van der Waals surface area (Å²) >= 11 is 0. The Hall–Kier alpha value is -0.0500. The molecule has 1 aliphatic heterocycles. The molecule has 7 heteroatoms. The number of hydrogen-bond donors (Lipinski definition) is 2. The molecule has 5 nitrogen and oxygen atoms in total. The summed E-state index contributed by atoms with van der Waals surface area (Å²) in [6, 6.07) is 0. The third-order valence-electron chi connectivity index (χ3n) is 3.12. The third kappa shape index (κ3) is 7.96. The molecule has 1 heterocycles. The topological polar surface area (TPSA) is 70.6 Å². The van der Waals surface area contributed by atoms with Crippen molar-refractivity contribution in [3.63, 3.8) is 0 Å². The molecule has 2 N–H and O–H groups in total. The number of nitrogens with one attached hydrogen (secondary N) is 2. The standard InChI is InChI=1S/C12H25N3O2S.HI/c1-10(2)4-6-14-12(13-3)15-8-11-5-7-18(16,17)9-11;/h10-11H,4-9H2,1-3H3,(H2,13,14,15);1H. The van der Waals surface area contributed by atoms with E-state index in [1.54, 1.807) is 7.05 Å². The van der Waals surface area contributed by atoms with Crippen LogP contribution in [-0.4, -0.2) is 46.0 Å². The molecule has 0 saturated carbocycles. The van der Waals surface area contributed by atoms with Crippen LogP contribution in [0.1, 0.15) is 26.7 Å². The molecule has 1 aliphatic rings. The summed E-state index contributed by atoms with van der Waals surface area (Å²) in [6.07, 6.45) is 1.86. The van der Waals surface area contributed by atoms with Crippen molar-refractivity contribution >= 4 is 39.8 Å². The van der Waals surface area contributed by atoms with Crippen LogP contribution in [0.4, 0.5) is 0 Å². The van der Waals surface area contributed by atoms with E-state index in [-0.39, 0.29) is 29.9 Å². The second-order valence-electron chi connectivity index (χ2n) is 5.33. The Morgan fingerprint density at radius 2 is 2.05 bits per heavy atom. The fourth-order valence-corrected chi connectivity index (χ4v) is 3.84. The maximum Gasteiger partial charge on any atom is 0.190 e. The predicted octanol–water partition coefficient (Wildman–Crippen LogP) is 1.25. The highest BCUT2D eigenvalue weighted by Gasteiger charge is 2.27. The van der Waals surface area contributed by atoms with Gasteiger partial charge in [0.25, 0.3) is 0 Å². The molecule has 1 unspecified atom stereocenters. The molecule has 0 spiro atoms. The van der Waals surface area contributed by atoms with Crippen molar-refractivity contribution in [1.29, 1.82) is 0 Å². The van der Waals surface area contributed by atoms with Gasteiger partial charge in [-0.1, -0.05) is 13.8 Å². The number of hydrogen-bond acceptors (Lipinski definition) is 3. The molecule has 0 aliphatic carbocycles. The Morgan fingerprint density at radius 3 is 2.53 bits per heavy atom. The largest absolute Gasteiger partial charge is 0.356 e. The van der Waals surface area contributed by atoms with Gasteiger partial charge >= 0.3 is 0 Å². The first kappa shape index (κ1) is 18.9. The summed E-state index contributed by atoms with van der Waals surface area (Å²) in [4.78, 5) is 4.13. The minimum Gasteiger partial charge on any atom is -0.356 e. The summed E-state index contributed by atoms with van der Waals surface area (Å²) in [6.45, 7) is 5.93. The molecular weight excluding hydrogens is 377 g/mol. The average molecular weight is 403 g/mol. The number of rotatable bonds is 5. The van der Waals surface area contributed by atoms with Gasteiger partial charge in [0.15, 0.2) is 15.8 Å². The van der Waals surface area contributed by atoms with Crippen molar-refractivity contribution in [2.45, 2.75) is 26.7 Å². The first-order valence-corrected chi connectivity index (χ1v) is 8.40. The van der Waals surface area contributed by atoms with E-state index in [0.717, 1.165) is 25.3 Å². The molecule has 0 aromatic carbocycles. The van der Waals surface area contributed by atoms with Crippen LogP contribution >= 0.6 is 24.0 Å². The molecule has 1 fully saturated rings. The van der Waals surface area contributed by atoms with Gasteiger partial charge in [-0.15, -0.1) is 24.0 Å². The number of aliphatic imine (C=N–C) groups is 1. The molecule has 0 radical (unpaired) electrons. The van der Waals surface area contributed by atoms with Crippen molar-refractivity contribution in [2.24, 2.45) is 16.8 Å². The first-order chi connectivity index (χ1) is 8.43. The minimum absolute atomic E-state index is 0. The zero-order valence-electron chi connectivity index (χ0n) is 12.0. The second kappa shape index (κ2) is 8.99. The SMILES string of the molecule is CN=C(NCCC(C)C)NCC1CCS(=O)(=O)C1.I. The van der Waals surface area contributed by atoms with Crippen LogP contribution < -0.4 is 10.6 Å². The van der Waals surface area contributed by atoms with Gasteiger partial charge in [-0.2, -0.15) is 0 Å². The van der Waals surface area contributed by atoms with E-state index in [4.69, 9.17) is 0 Å². The highest BCUT2D eigenvalue weighted by molar-refractivity contribution is 14.0. The minimum atomic E-state index is -2.78. The second-order valence-corrected chi connectivity index (χ2v) is 7.56. The van der Waals surface area contributed by atoms with Gasteiger partial charge in [-0.3, -0.25) is 4.99 Å². The first-order valence-electron chi connectivity index (χ1n) is 6.58. The number of halogens is 1. The molecule has 1 atom stereocenters. The van der Waals surface area contributed by atoms with Crippen LogP contribution in [0.15, 0.2) is 4.99 Å². The van der Waals surface area contributed by atoms with E-state index < -0.39 is 9.84 Å². The molecule has 0 amide bonds. The lowest BCUT2D eigenvalue weighted by Gasteiger charge is -2.15. The summed E-state index contributed by atoms with van der Waals surface area (Å²) in [7, 11) is -1.05. The zero-order valence-corrected chi connectivity index (χ0v) is 15.1. The average Bonchev–Trinajstić information content (AvgIpc) is 2.62. The normalized spacial score (nSPS) is 22.1. The Labute approximate surface area is 134 Å². The maximum atomic E-state index is 11.3. The van der Waals surface area contributed by atoms with Gasteiger partial charge < -0.3 is 10.6 Å². The number of nitrogens with zero attached hydrogens (tertiary/aromatic N) is 1. The molecule has 114 valence electrons. The van der Waals surface area contributed by atoms with E-state index in [1.807, 2.05) is 0 Å². The van der Waals surface area contributed by atoms with Crippen molar-refractivity contribution in [3.8, 4) is 0 Å². The highest BCUT2D eigenvalue weighted by Crippen LogP contribution is 2.17. The zero-order chi connectivity index (χ0) is 13.6. The molecule has 0 bridgehead atoms. The summed E-state index contributed by atoms with van der Waals surface area (Å²) in [5.74, 6) is 2.29. The molecule has 0 aromatic rings. The third-order valence-corrected chi connectivity index (χ3v) is 4.96. The van der Waals surface area contributed by atoms with Crippen LogP contribution in [0.2, 0.25) is 0 Å². The monoisotopic (exact) mass is 403 g/mol. The fraction of sp³-hybridized carbons (Fsp3) is 0.917. The number of guanidine groups is 1. The quantitative estimate of drug-likeness (QED) is 0.412. The van der Waals surface area contributed by atoms with Crippen molar-refractivity contribution in [3.05, 3.63) is 0 Å². The fourth-order valence-electron chi connectivity index (χ4n) is 1.97. The van der Waals surface area contributed by atoms with Crippen LogP contribution in [0.5, 0.6) is 0 Å². The molecular formula is C12H26IN3O2S. The van der Waals surface area contributed by atoms with Crippen LogP contribution in [0.25, 0.3) is 0 Å². The van der Waals surface area contributed by atoms with Gasteiger partial charge in [-0.25, -0.2) is 8.42 Å². The van der Waals surface area contributed by atoms with Crippen LogP contribution in [0, 0.1) is 11.8 Å². The van der Waals surface area contributed by atoms with Gasteiger partial charge in [0.1, 0.15) is 0 Å². The van der Waals surface area contributed by atoms with E-state index >= 15 is 0 Å². The molecule has 1 rings (SSSR count). The summed E-state index contributed by atoms with van der Waals surface area (Å²) in [5.41, 5.74) is 0. The van der Waals surface area contributed by atoms with Gasteiger partial charge in [0.05, 0.1) is 11.5 Å². The Morgan fingerprint density at radius 1 is 1.37 bits per heavy atom. The lowest BCUT2D eigenvalue weighted by atomic mass is 10.1. The van der Waals surface area contributed by atoms with Crippen molar-refractivity contribution < 1.29 is 8.42 Å². The van der Waals surface area contributed by atoms with E-state index in [2.05, 4.69) is 29.5 Å². The predicted molar refractivity (Wildman–Crippen MR) is 91.0 cm³/mol. The van der Waals surface area contributed by atoms with E-state index in [1.165, 1.54) is 0 Å². The smallest absolute Gasteiger partial charge is 0.190 e. The van der Waals surface area contributed by atoms with Gasteiger partial charge in [0, 0.05) is 20.1 Å². The molecule has 19 heavy (non-hydrogen) atoms. The van der Waals surface area contributed by atoms with Crippen LogP contribution in [0.3, 0.4) is 0 Å². The summed E-state index contributed by atoms with van der Waals surface area (Å²) in [5, 5.41) is 6.43. The van der Waals surface area contributed by atoms with Crippen molar-refractivity contribution in [1.82, 2.24) is 10.6 Å². The Kier molecular flexibility index (Phi) is 8.97. The molecule has 0 aromatic heterocycles. The van der Waals surface area contributed by atoms with Gasteiger partial charge in [0.2, 0.25) is 0 Å². The Balaban J connectivity index is 0.00000324. The molecule has 1 saturated heterocycles. The van der Waals surface area contributed by atoms with E-state index in [0.29, 0.717) is 24.0 Å². The number of sulfone groups is 1. The lowest BCUT2D eigenvalue weighted by Crippen LogP contribution is -2.40.